The van der Waals surface area contributed by atoms with E-state index < -0.39 is 0 Å². The fourth-order valence-electron chi connectivity index (χ4n) is 3.76. The second kappa shape index (κ2) is 14.4. The number of ether oxygens (including phenoxy) is 4. The molecule has 0 fully saturated rings. The molecule has 4 rings (SSSR count). The van der Waals surface area contributed by atoms with E-state index in [4.69, 9.17) is 30.5 Å². The SMILES string of the molecule is Oc1c(Br)cc(C=Nc2ccc(Cl)cc2)cc1CN1CCOCCOc2ccccc2OCCOCC1. The van der Waals surface area contributed by atoms with Gasteiger partial charge in [-0.25, -0.2) is 0 Å². The molecule has 0 saturated heterocycles. The average Bonchev–Trinajstić information content (AvgIpc) is 2.91. The lowest BCUT2D eigenvalue weighted by Gasteiger charge is -2.23. The molecule has 0 radical (unpaired) electrons. The van der Waals surface area contributed by atoms with Gasteiger partial charge in [0.2, 0.25) is 0 Å². The lowest BCUT2D eigenvalue weighted by molar-refractivity contribution is 0.0572. The molecule has 0 aliphatic carbocycles. The molecule has 0 amide bonds. The molecule has 0 atom stereocenters. The number of fused-ring (bicyclic) bond motifs is 1. The topological polar surface area (TPSA) is 72.8 Å². The number of benzene rings is 3. The summed E-state index contributed by atoms with van der Waals surface area (Å²) in [7, 11) is 0. The first-order chi connectivity index (χ1) is 18.1. The van der Waals surface area contributed by atoms with E-state index in [1.54, 1.807) is 18.3 Å². The molecule has 3 aromatic rings. The summed E-state index contributed by atoms with van der Waals surface area (Å²) in [5, 5.41) is 11.4. The molecule has 1 aliphatic heterocycles. The second-order valence-corrected chi connectivity index (χ2v) is 9.68. The highest BCUT2D eigenvalue weighted by Crippen LogP contribution is 2.30. The molecule has 0 bridgehead atoms. The molecular formula is C28H30BrClN2O5. The van der Waals surface area contributed by atoms with Gasteiger partial charge in [0.25, 0.3) is 0 Å². The maximum absolute atomic E-state index is 10.7. The fraction of sp³-hybridized carbons (Fsp3) is 0.321. The van der Waals surface area contributed by atoms with Crippen molar-refractivity contribution >= 4 is 39.4 Å². The van der Waals surface area contributed by atoms with Crippen molar-refractivity contribution in [1.29, 1.82) is 0 Å². The summed E-state index contributed by atoms with van der Waals surface area (Å²) in [5.74, 6) is 1.60. The maximum Gasteiger partial charge on any atom is 0.161 e. The summed E-state index contributed by atoms with van der Waals surface area (Å²) in [5.41, 5.74) is 2.45. The van der Waals surface area contributed by atoms with Crippen molar-refractivity contribution in [2.24, 2.45) is 4.99 Å². The number of aromatic hydroxyl groups is 1. The van der Waals surface area contributed by atoms with Gasteiger partial charge >= 0.3 is 0 Å². The molecule has 0 aromatic heterocycles. The molecule has 9 heteroatoms. The Morgan fingerprint density at radius 2 is 1.49 bits per heavy atom. The third kappa shape index (κ3) is 8.72. The zero-order chi connectivity index (χ0) is 25.9. The zero-order valence-corrected chi connectivity index (χ0v) is 22.8. The van der Waals surface area contributed by atoms with Crippen molar-refractivity contribution < 1.29 is 24.1 Å². The number of phenolic OH excluding ortho intramolecular Hbond substituents is 1. The Kier molecular flexibility index (Phi) is 10.6. The van der Waals surface area contributed by atoms with Gasteiger partial charge in [0.15, 0.2) is 11.5 Å². The molecule has 3 aromatic carbocycles. The van der Waals surface area contributed by atoms with E-state index in [-0.39, 0.29) is 5.75 Å². The van der Waals surface area contributed by atoms with E-state index in [1.165, 1.54) is 0 Å². The highest BCUT2D eigenvalue weighted by Gasteiger charge is 2.14. The average molecular weight is 590 g/mol. The second-order valence-electron chi connectivity index (χ2n) is 8.39. The van der Waals surface area contributed by atoms with Gasteiger partial charge < -0.3 is 24.1 Å². The van der Waals surface area contributed by atoms with E-state index >= 15 is 0 Å². The normalized spacial score (nSPS) is 16.3. The largest absolute Gasteiger partial charge is 0.506 e. The molecule has 196 valence electrons. The Hall–Kier alpha value is -2.62. The van der Waals surface area contributed by atoms with E-state index in [2.05, 4.69) is 25.8 Å². The van der Waals surface area contributed by atoms with Crippen LogP contribution in [0, 0.1) is 0 Å². The Labute approximate surface area is 230 Å². The number of aliphatic imine (C=N–C) groups is 1. The number of hydrogen-bond acceptors (Lipinski definition) is 7. The molecule has 0 unspecified atom stereocenters. The van der Waals surface area contributed by atoms with E-state index in [1.807, 2.05) is 48.5 Å². The Balaban J connectivity index is 1.40. The van der Waals surface area contributed by atoms with Crippen LogP contribution in [0.15, 0.2) is 70.1 Å². The van der Waals surface area contributed by atoms with Crippen LogP contribution in [0.2, 0.25) is 5.02 Å². The van der Waals surface area contributed by atoms with Crippen molar-refractivity contribution in [3.05, 3.63) is 81.3 Å². The molecule has 0 spiro atoms. The van der Waals surface area contributed by atoms with Crippen molar-refractivity contribution in [2.45, 2.75) is 6.54 Å². The smallest absolute Gasteiger partial charge is 0.161 e. The highest BCUT2D eigenvalue weighted by molar-refractivity contribution is 9.10. The molecule has 1 aliphatic rings. The number of rotatable bonds is 4. The summed E-state index contributed by atoms with van der Waals surface area (Å²) in [6.45, 7) is 4.73. The van der Waals surface area contributed by atoms with Gasteiger partial charge in [0, 0.05) is 36.4 Å². The van der Waals surface area contributed by atoms with Gasteiger partial charge in [-0.3, -0.25) is 9.89 Å². The van der Waals surface area contributed by atoms with Crippen LogP contribution in [0.5, 0.6) is 17.2 Å². The monoisotopic (exact) mass is 588 g/mol. The molecule has 0 saturated carbocycles. The van der Waals surface area contributed by atoms with Crippen LogP contribution in [-0.2, 0) is 16.0 Å². The van der Waals surface area contributed by atoms with Crippen molar-refractivity contribution in [3.63, 3.8) is 0 Å². The van der Waals surface area contributed by atoms with Gasteiger partial charge in [0.1, 0.15) is 19.0 Å². The van der Waals surface area contributed by atoms with Crippen molar-refractivity contribution in [2.75, 3.05) is 52.7 Å². The first-order valence-electron chi connectivity index (χ1n) is 12.1. The molecule has 1 N–H and O–H groups in total. The molecule has 7 nitrogen and oxygen atoms in total. The van der Waals surface area contributed by atoms with Crippen LogP contribution in [0.3, 0.4) is 0 Å². The summed E-state index contributed by atoms with van der Waals surface area (Å²) in [6, 6.07) is 18.7. The molecule has 37 heavy (non-hydrogen) atoms. The van der Waals surface area contributed by atoms with Crippen LogP contribution in [-0.4, -0.2) is 69.0 Å². The maximum atomic E-state index is 10.7. The summed E-state index contributed by atoms with van der Waals surface area (Å²) in [6.07, 6.45) is 1.77. The number of nitrogens with zero attached hydrogens (tertiary/aromatic N) is 2. The minimum atomic E-state index is 0.209. The van der Waals surface area contributed by atoms with Gasteiger partial charge in [-0.2, -0.15) is 0 Å². The van der Waals surface area contributed by atoms with E-state index in [9.17, 15) is 5.11 Å². The Morgan fingerprint density at radius 3 is 2.11 bits per heavy atom. The predicted octanol–water partition coefficient (Wildman–Crippen LogP) is 5.87. The van der Waals surface area contributed by atoms with Crippen LogP contribution < -0.4 is 9.47 Å². The summed E-state index contributed by atoms with van der Waals surface area (Å²) < 4.78 is 23.9. The fourth-order valence-corrected chi connectivity index (χ4v) is 4.41. The predicted molar refractivity (Wildman–Crippen MR) is 149 cm³/mol. The van der Waals surface area contributed by atoms with Crippen molar-refractivity contribution in [1.82, 2.24) is 4.90 Å². The molecule has 1 heterocycles. The lowest BCUT2D eigenvalue weighted by Crippen LogP contribution is -2.31. The van der Waals surface area contributed by atoms with Crippen LogP contribution in [0.4, 0.5) is 5.69 Å². The van der Waals surface area contributed by atoms with E-state index in [0.29, 0.717) is 80.3 Å². The van der Waals surface area contributed by atoms with Crippen LogP contribution in [0.25, 0.3) is 0 Å². The van der Waals surface area contributed by atoms with Crippen LogP contribution >= 0.6 is 27.5 Å². The Morgan fingerprint density at radius 1 is 0.865 bits per heavy atom. The van der Waals surface area contributed by atoms with Crippen molar-refractivity contribution in [3.8, 4) is 17.2 Å². The van der Waals surface area contributed by atoms with Crippen LogP contribution in [0.1, 0.15) is 11.1 Å². The lowest BCUT2D eigenvalue weighted by atomic mass is 10.1. The minimum absolute atomic E-state index is 0.209. The number of halogens is 2. The first-order valence-corrected chi connectivity index (χ1v) is 13.3. The number of hydrogen-bond donors (Lipinski definition) is 1. The standard InChI is InChI=1S/C28H30BrClN2O5/c29-25-18-21(19-31-24-7-5-23(30)6-8-24)17-22(28(25)33)20-32-9-11-34-13-15-36-26-3-1-2-4-27(26)37-16-14-35-12-10-32/h1-8,17-19,33H,9-16,20H2. The van der Waals surface area contributed by atoms with Gasteiger partial charge in [-0.1, -0.05) is 23.7 Å². The summed E-state index contributed by atoms with van der Waals surface area (Å²) in [4.78, 5) is 6.71. The van der Waals surface area contributed by atoms with Gasteiger partial charge in [-0.15, -0.1) is 0 Å². The quantitative estimate of drug-likeness (QED) is 0.384. The summed E-state index contributed by atoms with van der Waals surface area (Å²) >= 11 is 9.44. The zero-order valence-electron chi connectivity index (χ0n) is 20.4. The third-order valence-corrected chi connectivity index (χ3v) is 6.53. The van der Waals surface area contributed by atoms with Gasteiger partial charge in [0.05, 0.1) is 36.6 Å². The number of phenols is 1. The highest BCUT2D eigenvalue weighted by atomic mass is 79.9. The minimum Gasteiger partial charge on any atom is -0.506 e. The number of para-hydroxylation sites is 2. The molecular weight excluding hydrogens is 560 g/mol. The van der Waals surface area contributed by atoms with Gasteiger partial charge in [-0.05, 0) is 70.0 Å². The third-order valence-electron chi connectivity index (χ3n) is 5.67. The Bertz CT molecular complexity index is 1140. The van der Waals surface area contributed by atoms with E-state index in [0.717, 1.165) is 16.8 Å². The first kappa shape index (κ1) is 27.4.